The lowest BCUT2D eigenvalue weighted by Crippen LogP contribution is -2.55. The third kappa shape index (κ3) is 5.73. The molecule has 5 rings (SSSR count). The minimum atomic E-state index is -3.66. The first-order valence-electron chi connectivity index (χ1n) is 14.3. The highest BCUT2D eigenvalue weighted by atomic mass is 35.5. The van der Waals surface area contributed by atoms with Gasteiger partial charge in [-0.15, -0.1) is 11.6 Å². The molecule has 0 radical (unpaired) electrons. The van der Waals surface area contributed by atoms with Gasteiger partial charge in [0.2, 0.25) is 15.9 Å². The molecular weight excluding hydrogens is 484 g/mol. The van der Waals surface area contributed by atoms with E-state index < -0.39 is 21.2 Å². The third-order valence-electron chi connectivity index (χ3n) is 10.2. The molecule has 0 aromatic heterocycles. The number of carbonyl (C=O) groups is 1. The molecule has 7 atom stereocenters. The van der Waals surface area contributed by atoms with Crippen LogP contribution in [0.4, 0.5) is 0 Å². The number of sulfonamides is 1. The average Bonchev–Trinajstić information content (AvgIpc) is 2.96. The lowest BCUT2D eigenvalue weighted by Gasteiger charge is -2.52. The van der Waals surface area contributed by atoms with Crippen LogP contribution in [0.3, 0.4) is 0 Å². The Morgan fingerprint density at radius 1 is 1.03 bits per heavy atom. The summed E-state index contributed by atoms with van der Waals surface area (Å²) in [6.45, 7) is 4.19. The second kappa shape index (κ2) is 10.8. The number of fused-ring (bicyclic) bond motifs is 3. The summed E-state index contributed by atoms with van der Waals surface area (Å²) in [5, 5.41) is -0.205. The molecule has 1 saturated heterocycles. The van der Waals surface area contributed by atoms with E-state index in [9.17, 15) is 13.2 Å². The fourth-order valence-electron chi connectivity index (χ4n) is 8.58. The molecule has 1 N–H and O–H groups in total. The number of carbonyl (C=O) groups excluding carboxylic acids is 1. The number of hydrogen-bond acceptors (Lipinski definition) is 5. The van der Waals surface area contributed by atoms with Crippen molar-refractivity contribution < 1.29 is 17.9 Å². The molecule has 0 aromatic rings. The van der Waals surface area contributed by atoms with E-state index in [1.807, 2.05) is 0 Å². The van der Waals surface area contributed by atoms with Gasteiger partial charge in [0.15, 0.2) is 0 Å². The number of amides is 1. The fourth-order valence-corrected chi connectivity index (χ4v) is 10.4. The summed E-state index contributed by atoms with van der Waals surface area (Å²) < 4.78 is 35.0. The van der Waals surface area contributed by atoms with Crippen molar-refractivity contribution in [2.75, 3.05) is 19.7 Å². The van der Waals surface area contributed by atoms with E-state index >= 15 is 0 Å². The molecule has 1 amide bonds. The van der Waals surface area contributed by atoms with Crippen molar-refractivity contribution in [1.82, 2.24) is 9.62 Å². The van der Waals surface area contributed by atoms with Crippen LogP contribution in [0, 0.1) is 23.2 Å². The van der Waals surface area contributed by atoms with Gasteiger partial charge < -0.3 is 4.74 Å². The maximum Gasteiger partial charge on any atom is 0.237 e. The summed E-state index contributed by atoms with van der Waals surface area (Å²) >= 11 is 6.62. The number of rotatable bonds is 4. The molecule has 0 aromatic carbocycles. The van der Waals surface area contributed by atoms with Gasteiger partial charge in [-0.1, -0.05) is 32.1 Å². The quantitative estimate of drug-likeness (QED) is 0.528. The van der Waals surface area contributed by atoms with E-state index in [2.05, 4.69) is 9.62 Å². The van der Waals surface area contributed by atoms with E-state index in [0.717, 1.165) is 39.0 Å². The number of nitrogens with zero attached hydrogens (tertiary/aromatic N) is 1. The minimum absolute atomic E-state index is 0.0893. The molecule has 35 heavy (non-hydrogen) atoms. The zero-order valence-electron chi connectivity index (χ0n) is 21.4. The molecule has 4 saturated carbocycles. The van der Waals surface area contributed by atoms with Crippen molar-refractivity contribution in [3.63, 3.8) is 0 Å². The summed E-state index contributed by atoms with van der Waals surface area (Å²) in [6.07, 6.45) is 15.7. The zero-order chi connectivity index (χ0) is 24.6. The second-order valence-corrected chi connectivity index (χ2v) is 15.1. The highest BCUT2D eigenvalue weighted by molar-refractivity contribution is 7.90. The Morgan fingerprint density at radius 3 is 2.60 bits per heavy atom. The van der Waals surface area contributed by atoms with Crippen molar-refractivity contribution in [2.45, 2.75) is 120 Å². The van der Waals surface area contributed by atoms with Gasteiger partial charge in [0.25, 0.3) is 0 Å². The number of nitrogens with one attached hydrogen (secondary N) is 1. The molecule has 5 fully saturated rings. The monoisotopic (exact) mass is 528 g/mol. The first-order valence-corrected chi connectivity index (χ1v) is 16.3. The Bertz CT molecular complexity index is 863. The molecule has 1 spiro atoms. The molecule has 1 aliphatic heterocycles. The average molecular weight is 529 g/mol. The predicted molar refractivity (Wildman–Crippen MR) is 139 cm³/mol. The number of halogens is 1. The Labute approximate surface area is 217 Å². The van der Waals surface area contributed by atoms with Crippen molar-refractivity contribution in [3.05, 3.63) is 0 Å². The standard InChI is InChI=1S/C27H45ClN2O4S/c1-19(31)29-35(32,33)23-10-12-26-25(15-23)30(16-20-6-3-2-4-7-20)17-27(18-34-26)13-5-8-21-14-22(28)9-11-24(21)27/h20-26H,2-18H2,1H3,(H,29,31). The van der Waals surface area contributed by atoms with Crippen LogP contribution in [-0.4, -0.2) is 61.7 Å². The van der Waals surface area contributed by atoms with Crippen molar-refractivity contribution in [3.8, 4) is 0 Å². The first kappa shape index (κ1) is 26.2. The fraction of sp³-hybridized carbons (Fsp3) is 0.963. The van der Waals surface area contributed by atoms with Crippen molar-refractivity contribution in [1.29, 1.82) is 0 Å². The Kier molecular flexibility index (Phi) is 8.08. The van der Waals surface area contributed by atoms with Gasteiger partial charge in [-0.2, -0.15) is 0 Å². The second-order valence-electron chi connectivity index (χ2n) is 12.5. The Hall–Kier alpha value is -0.370. The van der Waals surface area contributed by atoms with Crippen LogP contribution in [0.15, 0.2) is 0 Å². The van der Waals surface area contributed by atoms with Gasteiger partial charge in [0.05, 0.1) is 18.0 Å². The Morgan fingerprint density at radius 2 is 1.83 bits per heavy atom. The molecular formula is C27H45ClN2O4S. The van der Waals surface area contributed by atoms with E-state index in [-0.39, 0.29) is 17.6 Å². The molecule has 8 heteroatoms. The van der Waals surface area contributed by atoms with Crippen LogP contribution in [0.25, 0.3) is 0 Å². The Balaban J connectivity index is 1.41. The lowest BCUT2D eigenvalue weighted by atomic mass is 9.57. The smallest absolute Gasteiger partial charge is 0.237 e. The van der Waals surface area contributed by atoms with Crippen LogP contribution in [0.5, 0.6) is 0 Å². The van der Waals surface area contributed by atoms with E-state index in [4.69, 9.17) is 16.3 Å². The molecule has 6 nitrogen and oxygen atoms in total. The SMILES string of the molecule is CC(=O)NS(=O)(=O)C1CCC2OCC3(CCCC4CC(Cl)CCC43)CN(CC3CCCCC3)C2C1. The third-order valence-corrected chi connectivity index (χ3v) is 12.4. The summed E-state index contributed by atoms with van der Waals surface area (Å²) in [7, 11) is -3.66. The largest absolute Gasteiger partial charge is 0.376 e. The molecule has 0 bridgehead atoms. The molecule has 1 heterocycles. The summed E-state index contributed by atoms with van der Waals surface area (Å²) in [5.74, 6) is 1.57. The molecule has 5 aliphatic rings. The van der Waals surface area contributed by atoms with E-state index in [1.54, 1.807) is 0 Å². The summed E-state index contributed by atoms with van der Waals surface area (Å²) in [5.41, 5.74) is 0.165. The number of ether oxygens (including phenoxy) is 1. The minimum Gasteiger partial charge on any atom is -0.376 e. The number of alkyl halides is 1. The van der Waals surface area contributed by atoms with Crippen LogP contribution in [0.1, 0.15) is 96.8 Å². The summed E-state index contributed by atoms with van der Waals surface area (Å²) in [6, 6.07) is 0.114. The van der Waals surface area contributed by atoms with Crippen LogP contribution in [0.2, 0.25) is 0 Å². The van der Waals surface area contributed by atoms with Gasteiger partial charge in [0, 0.05) is 36.8 Å². The first-order chi connectivity index (χ1) is 16.8. The van der Waals surface area contributed by atoms with E-state index in [0.29, 0.717) is 36.0 Å². The zero-order valence-corrected chi connectivity index (χ0v) is 23.0. The van der Waals surface area contributed by atoms with Crippen LogP contribution in [-0.2, 0) is 19.6 Å². The maximum absolute atomic E-state index is 13.0. The summed E-state index contributed by atoms with van der Waals surface area (Å²) in [4.78, 5) is 14.3. The molecule has 7 unspecified atom stereocenters. The normalized spacial score (nSPS) is 41.5. The van der Waals surface area contributed by atoms with Crippen LogP contribution < -0.4 is 4.72 Å². The maximum atomic E-state index is 13.0. The van der Waals surface area contributed by atoms with Gasteiger partial charge >= 0.3 is 0 Å². The van der Waals surface area contributed by atoms with Crippen molar-refractivity contribution in [2.24, 2.45) is 23.2 Å². The topological polar surface area (TPSA) is 75.7 Å². The van der Waals surface area contributed by atoms with Crippen LogP contribution >= 0.6 is 11.6 Å². The number of hydrogen-bond donors (Lipinski definition) is 1. The predicted octanol–water partition coefficient (Wildman–Crippen LogP) is 4.85. The van der Waals surface area contributed by atoms with Gasteiger partial charge in [-0.05, 0) is 75.5 Å². The molecule has 200 valence electrons. The van der Waals surface area contributed by atoms with Gasteiger partial charge in [-0.25, -0.2) is 8.42 Å². The van der Waals surface area contributed by atoms with Crippen molar-refractivity contribution >= 4 is 27.5 Å². The highest BCUT2D eigenvalue weighted by Crippen LogP contribution is 2.54. The van der Waals surface area contributed by atoms with Gasteiger partial charge in [0.1, 0.15) is 0 Å². The highest BCUT2D eigenvalue weighted by Gasteiger charge is 2.53. The van der Waals surface area contributed by atoms with E-state index in [1.165, 1.54) is 64.7 Å². The van der Waals surface area contributed by atoms with Gasteiger partial charge in [-0.3, -0.25) is 14.4 Å². The lowest BCUT2D eigenvalue weighted by molar-refractivity contribution is -0.117. The molecule has 4 aliphatic carbocycles.